The fraction of sp³-hybridized carbons (Fsp3) is 0.231. The van der Waals surface area contributed by atoms with Gasteiger partial charge in [0, 0.05) is 48.9 Å². The van der Waals surface area contributed by atoms with E-state index in [-0.39, 0.29) is 11.6 Å². The highest BCUT2D eigenvalue weighted by molar-refractivity contribution is 6.33. The topological polar surface area (TPSA) is 40.6 Å². The number of hydrogen-bond donors (Lipinski definition) is 0. The Balaban J connectivity index is 1.48. The first kappa shape index (κ1) is 21.0. The van der Waals surface area contributed by atoms with Gasteiger partial charge in [0.25, 0.3) is 0 Å². The molecule has 2 aliphatic rings. The van der Waals surface area contributed by atoms with Crippen LogP contribution in [0.2, 0.25) is 5.02 Å². The van der Waals surface area contributed by atoms with Crippen LogP contribution in [0.4, 0.5) is 4.39 Å². The summed E-state index contributed by atoms with van der Waals surface area (Å²) in [4.78, 5) is 31.7. The first-order valence-corrected chi connectivity index (χ1v) is 11.0. The lowest BCUT2D eigenvalue weighted by Gasteiger charge is -2.44. The summed E-state index contributed by atoms with van der Waals surface area (Å²) in [5.41, 5.74) is 0.717. The van der Waals surface area contributed by atoms with E-state index in [1.54, 1.807) is 36.4 Å². The van der Waals surface area contributed by atoms with E-state index in [0.717, 1.165) is 10.6 Å². The van der Waals surface area contributed by atoms with E-state index in [1.165, 1.54) is 12.1 Å². The van der Waals surface area contributed by atoms with Gasteiger partial charge in [-0.25, -0.2) is 4.39 Å². The van der Waals surface area contributed by atoms with Crippen molar-refractivity contribution in [2.24, 2.45) is 0 Å². The summed E-state index contributed by atoms with van der Waals surface area (Å²) < 4.78 is 14.2. The van der Waals surface area contributed by atoms with Gasteiger partial charge in [0.05, 0.1) is 0 Å². The monoisotopic (exact) mass is 448 g/mol. The molecule has 1 saturated heterocycles. The largest absolute Gasteiger partial charge is 0.296 e. The minimum atomic E-state index is -1.53. The molecule has 0 N–H and O–H groups in total. The third kappa shape index (κ3) is 3.28. The Morgan fingerprint density at radius 3 is 2.06 bits per heavy atom. The molecule has 0 atom stereocenters. The maximum atomic E-state index is 14.2. The number of nitrogens with zero attached hydrogens (tertiary/aromatic N) is 2. The highest BCUT2D eigenvalue weighted by Crippen LogP contribution is 2.43. The van der Waals surface area contributed by atoms with Crippen LogP contribution < -0.4 is 0 Å². The molecule has 1 heterocycles. The van der Waals surface area contributed by atoms with E-state index in [2.05, 4.69) is 4.90 Å². The number of fused-ring (bicyclic) bond motifs is 1. The highest BCUT2D eigenvalue weighted by atomic mass is 35.5. The number of benzene rings is 3. The number of hydrogen-bond acceptors (Lipinski definition) is 4. The SMILES string of the molecule is O=C1c2ccccc2C(=O)C1(c1cccc(F)c1)N1CCN(Cc2ccccc2Cl)CC1. The molecule has 0 bridgehead atoms. The van der Waals surface area contributed by atoms with Gasteiger partial charge in [-0.2, -0.15) is 0 Å². The number of ketones is 2. The maximum Gasteiger partial charge on any atom is 0.196 e. The van der Waals surface area contributed by atoms with Crippen LogP contribution in [-0.4, -0.2) is 47.5 Å². The molecule has 1 aliphatic carbocycles. The Kier molecular flexibility index (Phi) is 5.41. The van der Waals surface area contributed by atoms with Gasteiger partial charge in [-0.3, -0.25) is 19.4 Å². The van der Waals surface area contributed by atoms with E-state index < -0.39 is 11.4 Å². The first-order chi connectivity index (χ1) is 15.5. The van der Waals surface area contributed by atoms with E-state index in [1.807, 2.05) is 29.2 Å². The predicted molar refractivity (Wildman–Crippen MR) is 121 cm³/mol. The van der Waals surface area contributed by atoms with Crippen LogP contribution in [0.3, 0.4) is 0 Å². The van der Waals surface area contributed by atoms with Crippen molar-refractivity contribution in [1.82, 2.24) is 9.80 Å². The summed E-state index contributed by atoms with van der Waals surface area (Å²) >= 11 is 6.32. The minimum Gasteiger partial charge on any atom is -0.296 e. The van der Waals surface area contributed by atoms with E-state index in [9.17, 15) is 14.0 Å². The van der Waals surface area contributed by atoms with Crippen molar-refractivity contribution < 1.29 is 14.0 Å². The zero-order valence-corrected chi connectivity index (χ0v) is 18.2. The highest BCUT2D eigenvalue weighted by Gasteiger charge is 2.58. The fourth-order valence-electron chi connectivity index (χ4n) is 4.93. The third-order valence-electron chi connectivity index (χ3n) is 6.51. The predicted octanol–water partition coefficient (Wildman–Crippen LogP) is 4.57. The maximum absolute atomic E-state index is 14.2. The zero-order chi connectivity index (χ0) is 22.3. The van der Waals surface area contributed by atoms with Crippen molar-refractivity contribution in [2.75, 3.05) is 26.2 Å². The number of halogens is 2. The molecule has 0 spiro atoms. The fourth-order valence-corrected chi connectivity index (χ4v) is 5.12. The second-order valence-electron chi connectivity index (χ2n) is 8.28. The second kappa shape index (κ2) is 8.24. The molecule has 0 unspecified atom stereocenters. The molecule has 162 valence electrons. The Morgan fingerprint density at radius 2 is 1.44 bits per heavy atom. The van der Waals surface area contributed by atoms with Crippen molar-refractivity contribution in [1.29, 1.82) is 0 Å². The van der Waals surface area contributed by atoms with Crippen LogP contribution in [0, 0.1) is 5.82 Å². The van der Waals surface area contributed by atoms with Gasteiger partial charge in [-0.05, 0) is 29.3 Å². The van der Waals surface area contributed by atoms with Gasteiger partial charge in [-0.1, -0.05) is 66.2 Å². The molecule has 1 fully saturated rings. The number of carbonyl (C=O) groups is 2. The van der Waals surface area contributed by atoms with Crippen LogP contribution in [0.15, 0.2) is 72.8 Å². The smallest absolute Gasteiger partial charge is 0.196 e. The summed E-state index contributed by atoms with van der Waals surface area (Å²) in [6.45, 7) is 3.04. The number of Topliss-reactive ketones (excluding diaryl/α,β-unsaturated/α-hetero) is 2. The van der Waals surface area contributed by atoms with Crippen LogP contribution in [0.1, 0.15) is 31.8 Å². The zero-order valence-electron chi connectivity index (χ0n) is 17.4. The number of piperazine rings is 1. The summed E-state index contributed by atoms with van der Waals surface area (Å²) in [7, 11) is 0. The molecule has 0 radical (unpaired) electrons. The lowest BCUT2D eigenvalue weighted by atomic mass is 9.82. The molecule has 1 aliphatic heterocycles. The molecule has 0 saturated carbocycles. The molecule has 32 heavy (non-hydrogen) atoms. The van der Waals surface area contributed by atoms with Crippen molar-refractivity contribution in [3.63, 3.8) is 0 Å². The standard InChI is InChI=1S/C26H22ClFN2O2/c27-23-11-4-1-6-18(23)17-29-12-14-30(15-13-29)26(19-7-5-8-20(28)16-19)24(31)21-9-2-3-10-22(21)25(26)32/h1-11,16H,12-15,17H2. The summed E-state index contributed by atoms with van der Waals surface area (Å²) in [5.74, 6) is -1.01. The van der Waals surface area contributed by atoms with Crippen LogP contribution in [-0.2, 0) is 12.1 Å². The molecule has 0 amide bonds. The Hall–Kier alpha value is -2.86. The Morgan fingerprint density at radius 1 is 0.812 bits per heavy atom. The van der Waals surface area contributed by atoms with E-state index >= 15 is 0 Å². The van der Waals surface area contributed by atoms with Gasteiger partial charge in [0.2, 0.25) is 0 Å². The van der Waals surface area contributed by atoms with Crippen molar-refractivity contribution in [2.45, 2.75) is 12.1 Å². The third-order valence-corrected chi connectivity index (χ3v) is 6.88. The normalized spacial score (nSPS) is 18.7. The van der Waals surface area contributed by atoms with Crippen molar-refractivity contribution in [3.05, 3.63) is 106 Å². The summed E-state index contributed by atoms with van der Waals surface area (Å²) in [6, 6.07) is 20.5. The average molecular weight is 449 g/mol. The Labute approximate surface area is 191 Å². The molecule has 3 aromatic rings. The molecule has 5 rings (SSSR count). The summed E-state index contributed by atoms with van der Waals surface area (Å²) in [6.07, 6.45) is 0. The number of carbonyl (C=O) groups excluding carboxylic acids is 2. The van der Waals surface area contributed by atoms with Crippen LogP contribution in [0.25, 0.3) is 0 Å². The van der Waals surface area contributed by atoms with Crippen molar-refractivity contribution in [3.8, 4) is 0 Å². The average Bonchev–Trinajstić information content (AvgIpc) is 3.04. The van der Waals surface area contributed by atoms with E-state index in [0.29, 0.717) is 49.4 Å². The van der Waals surface area contributed by atoms with E-state index in [4.69, 9.17) is 11.6 Å². The molecular weight excluding hydrogens is 427 g/mol. The second-order valence-corrected chi connectivity index (χ2v) is 8.69. The molecule has 6 heteroatoms. The van der Waals surface area contributed by atoms with Gasteiger partial charge < -0.3 is 0 Å². The quantitative estimate of drug-likeness (QED) is 0.548. The van der Waals surface area contributed by atoms with Gasteiger partial charge in [0.1, 0.15) is 5.82 Å². The lowest BCUT2D eigenvalue weighted by Crippen LogP contribution is -2.60. The van der Waals surface area contributed by atoms with Gasteiger partial charge in [-0.15, -0.1) is 0 Å². The van der Waals surface area contributed by atoms with Crippen molar-refractivity contribution >= 4 is 23.2 Å². The molecular formula is C26H22ClFN2O2. The Bertz CT molecular complexity index is 1170. The van der Waals surface area contributed by atoms with Crippen LogP contribution >= 0.6 is 11.6 Å². The molecule has 4 nitrogen and oxygen atoms in total. The minimum absolute atomic E-state index is 0.275. The molecule has 0 aromatic heterocycles. The molecule has 3 aromatic carbocycles. The van der Waals surface area contributed by atoms with Crippen LogP contribution in [0.5, 0.6) is 0 Å². The van der Waals surface area contributed by atoms with Gasteiger partial charge in [0.15, 0.2) is 17.1 Å². The van der Waals surface area contributed by atoms with Gasteiger partial charge >= 0.3 is 0 Å². The first-order valence-electron chi connectivity index (χ1n) is 10.7. The lowest BCUT2D eigenvalue weighted by molar-refractivity contribution is 0.0278. The summed E-state index contributed by atoms with van der Waals surface area (Å²) in [5, 5.41) is 0.725. The number of rotatable bonds is 4.